The standard InChI is InChI=1S/C16H24N2O2/c1-11(7-14-10-20-6-5-17-14)8-15-13(3)16(19-4)12(2)9-18-15/h8-9,14,17H,5-7,10H2,1-4H3/b11-8-. The van der Waals surface area contributed by atoms with Gasteiger partial charge in [-0.05, 0) is 33.3 Å². The lowest BCUT2D eigenvalue weighted by Crippen LogP contribution is -2.41. The molecule has 20 heavy (non-hydrogen) atoms. The van der Waals surface area contributed by atoms with Gasteiger partial charge in [-0.1, -0.05) is 5.57 Å². The summed E-state index contributed by atoms with van der Waals surface area (Å²) in [7, 11) is 1.71. The van der Waals surface area contributed by atoms with Gasteiger partial charge in [0, 0.05) is 29.9 Å². The quantitative estimate of drug-likeness (QED) is 0.917. The van der Waals surface area contributed by atoms with Crippen molar-refractivity contribution in [3.05, 3.63) is 28.6 Å². The topological polar surface area (TPSA) is 43.4 Å². The highest BCUT2D eigenvalue weighted by molar-refractivity contribution is 5.57. The number of nitrogens with zero attached hydrogens (tertiary/aromatic N) is 1. The number of nitrogens with one attached hydrogen (secondary N) is 1. The van der Waals surface area contributed by atoms with E-state index in [9.17, 15) is 0 Å². The molecule has 1 atom stereocenters. The van der Waals surface area contributed by atoms with Gasteiger partial charge in [0.2, 0.25) is 0 Å². The van der Waals surface area contributed by atoms with Crippen LogP contribution in [0.25, 0.3) is 6.08 Å². The molecule has 0 radical (unpaired) electrons. The van der Waals surface area contributed by atoms with Crippen molar-refractivity contribution in [2.45, 2.75) is 33.2 Å². The molecule has 110 valence electrons. The van der Waals surface area contributed by atoms with Crippen LogP contribution in [0.1, 0.15) is 30.2 Å². The average molecular weight is 276 g/mol. The third-order valence-electron chi connectivity index (χ3n) is 3.63. The zero-order valence-electron chi connectivity index (χ0n) is 12.8. The monoisotopic (exact) mass is 276 g/mol. The van der Waals surface area contributed by atoms with Crippen LogP contribution in [0.5, 0.6) is 5.75 Å². The number of aryl methyl sites for hydroxylation is 1. The van der Waals surface area contributed by atoms with Crippen molar-refractivity contribution in [1.29, 1.82) is 0 Å². The van der Waals surface area contributed by atoms with E-state index in [0.717, 1.165) is 48.7 Å². The highest BCUT2D eigenvalue weighted by Crippen LogP contribution is 2.25. The van der Waals surface area contributed by atoms with Gasteiger partial charge in [0.1, 0.15) is 5.75 Å². The van der Waals surface area contributed by atoms with E-state index in [1.54, 1.807) is 7.11 Å². The van der Waals surface area contributed by atoms with Crippen molar-refractivity contribution in [2.75, 3.05) is 26.9 Å². The Balaban J connectivity index is 2.13. The number of morpholine rings is 1. The summed E-state index contributed by atoms with van der Waals surface area (Å²) < 4.78 is 10.9. The van der Waals surface area contributed by atoms with Crippen LogP contribution >= 0.6 is 0 Å². The summed E-state index contributed by atoms with van der Waals surface area (Å²) >= 11 is 0. The molecule has 1 aromatic rings. The van der Waals surface area contributed by atoms with Crippen LogP contribution in [0.3, 0.4) is 0 Å². The maximum absolute atomic E-state index is 5.48. The number of rotatable bonds is 4. The van der Waals surface area contributed by atoms with Crippen molar-refractivity contribution in [3.63, 3.8) is 0 Å². The number of hydrogen-bond donors (Lipinski definition) is 1. The van der Waals surface area contributed by atoms with E-state index in [1.807, 2.05) is 13.1 Å². The molecule has 2 heterocycles. The molecule has 1 N–H and O–H groups in total. The maximum atomic E-state index is 5.48. The van der Waals surface area contributed by atoms with Crippen LogP contribution in [-0.4, -0.2) is 37.9 Å². The molecule has 1 saturated heterocycles. The van der Waals surface area contributed by atoms with Gasteiger partial charge in [-0.15, -0.1) is 0 Å². The predicted molar refractivity (Wildman–Crippen MR) is 81.1 cm³/mol. The molecule has 0 bridgehead atoms. The SMILES string of the molecule is COc1c(C)cnc(/C=C(/C)CC2COCCN2)c1C. The molecule has 4 nitrogen and oxygen atoms in total. The Bertz CT molecular complexity index is 491. The lowest BCUT2D eigenvalue weighted by atomic mass is 10.0. The number of hydrogen-bond acceptors (Lipinski definition) is 4. The number of aromatic nitrogens is 1. The molecule has 1 aromatic heterocycles. The predicted octanol–water partition coefficient (Wildman–Crippen LogP) is 2.49. The Labute approximate surface area is 121 Å². The Morgan fingerprint density at radius 1 is 1.55 bits per heavy atom. The minimum absolute atomic E-state index is 0.410. The molecule has 1 aliphatic heterocycles. The van der Waals surface area contributed by atoms with Gasteiger partial charge in [-0.25, -0.2) is 0 Å². The molecule has 1 unspecified atom stereocenters. The van der Waals surface area contributed by atoms with Crippen LogP contribution in [0.15, 0.2) is 11.8 Å². The lowest BCUT2D eigenvalue weighted by molar-refractivity contribution is 0.0771. The van der Waals surface area contributed by atoms with Gasteiger partial charge in [0.15, 0.2) is 0 Å². The number of pyridine rings is 1. The Hall–Kier alpha value is -1.39. The first-order valence-corrected chi connectivity index (χ1v) is 7.10. The minimum Gasteiger partial charge on any atom is -0.496 e. The Morgan fingerprint density at radius 2 is 2.35 bits per heavy atom. The minimum atomic E-state index is 0.410. The fraction of sp³-hybridized carbons (Fsp3) is 0.562. The average Bonchev–Trinajstić information content (AvgIpc) is 2.44. The van der Waals surface area contributed by atoms with Crippen LogP contribution in [-0.2, 0) is 4.74 Å². The molecule has 0 aliphatic carbocycles. The first-order valence-electron chi connectivity index (χ1n) is 7.10. The fourth-order valence-corrected chi connectivity index (χ4v) is 2.63. The summed E-state index contributed by atoms with van der Waals surface area (Å²) in [6, 6.07) is 0.410. The summed E-state index contributed by atoms with van der Waals surface area (Å²) in [5.41, 5.74) is 4.46. The van der Waals surface area contributed by atoms with Crippen LogP contribution in [0.4, 0.5) is 0 Å². The number of ether oxygens (including phenoxy) is 2. The molecule has 0 aromatic carbocycles. The van der Waals surface area contributed by atoms with E-state index in [2.05, 4.69) is 30.2 Å². The van der Waals surface area contributed by atoms with Gasteiger partial charge in [0.25, 0.3) is 0 Å². The second-order valence-corrected chi connectivity index (χ2v) is 5.41. The maximum Gasteiger partial charge on any atom is 0.128 e. The van der Waals surface area contributed by atoms with E-state index in [-0.39, 0.29) is 0 Å². The molecule has 0 spiro atoms. The van der Waals surface area contributed by atoms with Crippen LogP contribution in [0, 0.1) is 13.8 Å². The summed E-state index contributed by atoms with van der Waals surface area (Å²) in [6.07, 6.45) is 5.00. The number of methoxy groups -OCH3 is 1. The highest BCUT2D eigenvalue weighted by Gasteiger charge is 2.14. The van der Waals surface area contributed by atoms with Gasteiger partial charge >= 0.3 is 0 Å². The lowest BCUT2D eigenvalue weighted by Gasteiger charge is -2.24. The Kier molecular flexibility index (Phi) is 5.15. The Morgan fingerprint density at radius 3 is 3.00 bits per heavy atom. The molecule has 1 aliphatic rings. The largest absolute Gasteiger partial charge is 0.496 e. The van der Waals surface area contributed by atoms with Crippen molar-refractivity contribution >= 4 is 6.08 Å². The van der Waals surface area contributed by atoms with E-state index >= 15 is 0 Å². The first-order chi connectivity index (χ1) is 9.61. The molecular formula is C16H24N2O2. The smallest absolute Gasteiger partial charge is 0.128 e. The third-order valence-corrected chi connectivity index (χ3v) is 3.63. The van der Waals surface area contributed by atoms with Gasteiger partial charge in [-0.2, -0.15) is 0 Å². The highest BCUT2D eigenvalue weighted by atomic mass is 16.5. The molecule has 0 saturated carbocycles. The zero-order chi connectivity index (χ0) is 14.5. The second-order valence-electron chi connectivity index (χ2n) is 5.41. The van der Waals surface area contributed by atoms with Crippen molar-refractivity contribution in [2.24, 2.45) is 0 Å². The third kappa shape index (κ3) is 3.58. The second kappa shape index (κ2) is 6.86. The molecular weight excluding hydrogens is 252 g/mol. The molecule has 1 fully saturated rings. The molecule has 4 heteroatoms. The summed E-state index contributed by atoms with van der Waals surface area (Å²) in [5, 5.41) is 3.47. The van der Waals surface area contributed by atoms with Gasteiger partial charge < -0.3 is 14.8 Å². The molecule has 2 rings (SSSR count). The van der Waals surface area contributed by atoms with E-state index in [0.29, 0.717) is 6.04 Å². The summed E-state index contributed by atoms with van der Waals surface area (Å²) in [5.74, 6) is 0.929. The van der Waals surface area contributed by atoms with E-state index in [4.69, 9.17) is 9.47 Å². The van der Waals surface area contributed by atoms with Crippen LogP contribution in [0.2, 0.25) is 0 Å². The summed E-state index contributed by atoms with van der Waals surface area (Å²) in [4.78, 5) is 4.51. The van der Waals surface area contributed by atoms with Crippen LogP contribution < -0.4 is 10.1 Å². The zero-order valence-corrected chi connectivity index (χ0v) is 12.8. The van der Waals surface area contributed by atoms with E-state index in [1.165, 1.54) is 5.57 Å². The first kappa shape index (κ1) is 15.0. The summed E-state index contributed by atoms with van der Waals surface area (Å²) in [6.45, 7) is 8.75. The fourth-order valence-electron chi connectivity index (χ4n) is 2.63. The van der Waals surface area contributed by atoms with Crippen molar-refractivity contribution in [3.8, 4) is 5.75 Å². The van der Waals surface area contributed by atoms with Gasteiger partial charge in [0.05, 0.1) is 26.0 Å². The van der Waals surface area contributed by atoms with Gasteiger partial charge in [-0.3, -0.25) is 4.98 Å². The van der Waals surface area contributed by atoms with E-state index < -0.39 is 0 Å². The van der Waals surface area contributed by atoms with Crippen molar-refractivity contribution in [1.82, 2.24) is 10.3 Å². The molecule has 0 amide bonds. The normalized spacial score (nSPS) is 20.0. The van der Waals surface area contributed by atoms with Crippen molar-refractivity contribution < 1.29 is 9.47 Å².